The second-order valence-corrected chi connectivity index (χ2v) is 4.10. The molecule has 0 amide bonds. The van der Waals surface area contributed by atoms with E-state index in [4.69, 9.17) is 5.73 Å². The summed E-state index contributed by atoms with van der Waals surface area (Å²) < 4.78 is 0. The molecule has 0 radical (unpaired) electrons. The van der Waals surface area contributed by atoms with Crippen LogP contribution in [0.15, 0.2) is 29.8 Å². The zero-order valence-electron chi connectivity index (χ0n) is 10.6. The molecule has 17 heavy (non-hydrogen) atoms. The van der Waals surface area contributed by atoms with Gasteiger partial charge in [-0.1, -0.05) is 24.6 Å². The third-order valence-corrected chi connectivity index (χ3v) is 2.55. The number of pyridine rings is 1. The molecule has 0 aliphatic heterocycles. The summed E-state index contributed by atoms with van der Waals surface area (Å²) in [6.07, 6.45) is 4.12. The molecular formula is C14H20N2O. The van der Waals surface area contributed by atoms with Crippen molar-refractivity contribution in [3.8, 4) is 0 Å². The van der Waals surface area contributed by atoms with E-state index in [1.807, 2.05) is 32.1 Å². The topological polar surface area (TPSA) is 56.0 Å². The lowest BCUT2D eigenvalue weighted by atomic mass is 10.1. The number of hydrogen-bond donors (Lipinski definition) is 1. The van der Waals surface area contributed by atoms with Gasteiger partial charge < -0.3 is 5.73 Å². The van der Waals surface area contributed by atoms with Gasteiger partial charge in [-0.2, -0.15) is 0 Å². The van der Waals surface area contributed by atoms with Crippen molar-refractivity contribution in [2.24, 2.45) is 5.73 Å². The number of Topliss-reactive ketones (excluding diaryl/α,β-unsaturated/α-hetero) is 1. The number of allylic oxidation sites excluding steroid dienone is 1. The van der Waals surface area contributed by atoms with Crippen molar-refractivity contribution in [1.29, 1.82) is 0 Å². The van der Waals surface area contributed by atoms with Crippen molar-refractivity contribution in [2.45, 2.75) is 33.1 Å². The van der Waals surface area contributed by atoms with Gasteiger partial charge in [-0.25, -0.2) is 4.98 Å². The molecule has 2 N–H and O–H groups in total. The SMILES string of the molecule is CCc1cccc(C(=O)C/C(C)=C/CCN)n1. The van der Waals surface area contributed by atoms with Crippen LogP contribution in [0.1, 0.15) is 42.9 Å². The monoisotopic (exact) mass is 232 g/mol. The van der Waals surface area contributed by atoms with Crippen LogP contribution in [-0.4, -0.2) is 17.3 Å². The highest BCUT2D eigenvalue weighted by molar-refractivity contribution is 5.95. The van der Waals surface area contributed by atoms with Gasteiger partial charge in [0.2, 0.25) is 0 Å². The number of hydrogen-bond acceptors (Lipinski definition) is 3. The first-order chi connectivity index (χ1) is 8.17. The molecule has 3 nitrogen and oxygen atoms in total. The van der Waals surface area contributed by atoms with Gasteiger partial charge in [0.25, 0.3) is 0 Å². The van der Waals surface area contributed by atoms with Crippen LogP contribution in [0, 0.1) is 0 Å². The molecule has 0 atom stereocenters. The highest BCUT2D eigenvalue weighted by atomic mass is 16.1. The molecule has 0 spiro atoms. The summed E-state index contributed by atoms with van der Waals surface area (Å²) in [5.41, 5.74) is 7.99. The second kappa shape index (κ2) is 6.97. The third-order valence-electron chi connectivity index (χ3n) is 2.55. The molecule has 0 aliphatic carbocycles. The first kappa shape index (κ1) is 13.6. The number of rotatable bonds is 6. The molecule has 0 fully saturated rings. The Hall–Kier alpha value is -1.48. The van der Waals surface area contributed by atoms with Gasteiger partial charge in [-0.15, -0.1) is 0 Å². The maximum atomic E-state index is 12.0. The summed E-state index contributed by atoms with van der Waals surface area (Å²) in [4.78, 5) is 16.3. The van der Waals surface area contributed by atoms with Crippen molar-refractivity contribution in [3.63, 3.8) is 0 Å². The number of aromatic nitrogens is 1. The number of ketones is 1. The predicted molar refractivity (Wildman–Crippen MR) is 70.0 cm³/mol. The van der Waals surface area contributed by atoms with Crippen LogP contribution in [0.25, 0.3) is 0 Å². The van der Waals surface area contributed by atoms with E-state index in [9.17, 15) is 4.79 Å². The summed E-state index contributed by atoms with van der Waals surface area (Å²) in [5, 5.41) is 0. The fourth-order valence-corrected chi connectivity index (χ4v) is 1.58. The van der Waals surface area contributed by atoms with E-state index >= 15 is 0 Å². The fraction of sp³-hybridized carbons (Fsp3) is 0.429. The molecule has 1 rings (SSSR count). The van der Waals surface area contributed by atoms with Crippen LogP contribution >= 0.6 is 0 Å². The van der Waals surface area contributed by atoms with Crippen LogP contribution in [0.3, 0.4) is 0 Å². The highest BCUT2D eigenvalue weighted by Gasteiger charge is 2.08. The molecular weight excluding hydrogens is 212 g/mol. The zero-order valence-corrected chi connectivity index (χ0v) is 10.6. The third kappa shape index (κ3) is 4.49. The van der Waals surface area contributed by atoms with E-state index in [2.05, 4.69) is 4.98 Å². The predicted octanol–water partition coefficient (Wildman–Crippen LogP) is 2.51. The highest BCUT2D eigenvalue weighted by Crippen LogP contribution is 2.09. The molecule has 1 aromatic rings. The van der Waals surface area contributed by atoms with Crippen LogP contribution in [0.5, 0.6) is 0 Å². The summed E-state index contributed by atoms with van der Waals surface area (Å²) >= 11 is 0. The van der Waals surface area contributed by atoms with Crippen molar-refractivity contribution in [3.05, 3.63) is 41.2 Å². The normalized spacial score (nSPS) is 11.6. The minimum absolute atomic E-state index is 0.0751. The van der Waals surface area contributed by atoms with Gasteiger partial charge in [-0.3, -0.25) is 4.79 Å². The molecule has 0 saturated carbocycles. The average molecular weight is 232 g/mol. The smallest absolute Gasteiger partial charge is 0.185 e. The Morgan fingerprint density at radius 3 is 2.88 bits per heavy atom. The van der Waals surface area contributed by atoms with Crippen LogP contribution < -0.4 is 5.73 Å². The Balaban J connectivity index is 2.69. The minimum atomic E-state index is 0.0751. The van der Waals surface area contributed by atoms with E-state index in [-0.39, 0.29) is 5.78 Å². The van der Waals surface area contributed by atoms with Crippen LogP contribution in [-0.2, 0) is 6.42 Å². The van der Waals surface area contributed by atoms with Gasteiger partial charge in [0.1, 0.15) is 5.69 Å². The lowest BCUT2D eigenvalue weighted by molar-refractivity contribution is 0.0988. The Morgan fingerprint density at radius 2 is 2.24 bits per heavy atom. The van der Waals surface area contributed by atoms with Crippen LogP contribution in [0.2, 0.25) is 0 Å². The first-order valence-electron chi connectivity index (χ1n) is 6.02. The average Bonchev–Trinajstić information content (AvgIpc) is 2.36. The van der Waals surface area contributed by atoms with E-state index in [1.54, 1.807) is 6.07 Å². The number of carbonyl (C=O) groups excluding carboxylic acids is 1. The quantitative estimate of drug-likeness (QED) is 0.605. The fourth-order valence-electron chi connectivity index (χ4n) is 1.58. The standard InChI is InChI=1S/C14H20N2O/c1-3-12-7-4-8-13(16-12)14(17)10-11(2)6-5-9-15/h4,6-8H,3,5,9-10,15H2,1-2H3/b11-6+. The Morgan fingerprint density at radius 1 is 1.47 bits per heavy atom. The number of nitrogens with zero attached hydrogens (tertiary/aromatic N) is 1. The number of aryl methyl sites for hydroxylation is 1. The maximum absolute atomic E-state index is 12.0. The Labute approximate surface area is 103 Å². The summed E-state index contributed by atoms with van der Waals surface area (Å²) in [5.74, 6) is 0.0751. The lowest BCUT2D eigenvalue weighted by Gasteiger charge is -2.03. The molecule has 0 bridgehead atoms. The Kier molecular flexibility index (Phi) is 5.57. The largest absolute Gasteiger partial charge is 0.330 e. The molecule has 92 valence electrons. The van der Waals surface area contributed by atoms with E-state index in [1.165, 1.54) is 0 Å². The van der Waals surface area contributed by atoms with Crippen molar-refractivity contribution in [1.82, 2.24) is 4.98 Å². The van der Waals surface area contributed by atoms with Gasteiger partial charge in [0, 0.05) is 12.1 Å². The lowest BCUT2D eigenvalue weighted by Crippen LogP contribution is -2.05. The maximum Gasteiger partial charge on any atom is 0.185 e. The summed E-state index contributed by atoms with van der Waals surface area (Å²) in [7, 11) is 0. The van der Waals surface area contributed by atoms with E-state index < -0.39 is 0 Å². The van der Waals surface area contributed by atoms with Crippen molar-refractivity contribution < 1.29 is 4.79 Å². The minimum Gasteiger partial charge on any atom is -0.330 e. The van der Waals surface area contributed by atoms with Gasteiger partial charge in [0.15, 0.2) is 5.78 Å². The van der Waals surface area contributed by atoms with Crippen molar-refractivity contribution >= 4 is 5.78 Å². The second-order valence-electron chi connectivity index (χ2n) is 4.10. The van der Waals surface area contributed by atoms with Gasteiger partial charge in [-0.05, 0) is 38.4 Å². The van der Waals surface area contributed by atoms with E-state index in [0.29, 0.717) is 18.7 Å². The van der Waals surface area contributed by atoms with Gasteiger partial charge in [0.05, 0.1) is 0 Å². The van der Waals surface area contributed by atoms with Gasteiger partial charge >= 0.3 is 0 Å². The molecule has 3 heteroatoms. The Bertz CT molecular complexity index is 410. The molecule has 1 aromatic heterocycles. The summed E-state index contributed by atoms with van der Waals surface area (Å²) in [6.45, 7) is 4.61. The number of carbonyl (C=O) groups is 1. The molecule has 0 saturated heterocycles. The first-order valence-corrected chi connectivity index (χ1v) is 6.02. The molecule has 1 heterocycles. The molecule has 0 unspecified atom stereocenters. The van der Waals surface area contributed by atoms with Crippen molar-refractivity contribution in [2.75, 3.05) is 6.54 Å². The van der Waals surface area contributed by atoms with Crippen LogP contribution in [0.4, 0.5) is 0 Å². The molecule has 0 aromatic carbocycles. The van der Waals surface area contributed by atoms with E-state index in [0.717, 1.165) is 24.1 Å². The zero-order chi connectivity index (χ0) is 12.7. The molecule has 0 aliphatic rings. The number of nitrogens with two attached hydrogens (primary N) is 1. The summed E-state index contributed by atoms with van der Waals surface area (Å²) in [6, 6.07) is 5.60.